The Morgan fingerprint density at radius 3 is 2.36 bits per heavy atom. The van der Waals surface area contributed by atoms with Crippen molar-refractivity contribution in [1.82, 2.24) is 10.2 Å². The molecule has 1 N–H and O–H groups in total. The third kappa shape index (κ3) is 4.45. The molecule has 0 spiro atoms. The number of halogens is 2. The maximum absolute atomic E-state index is 13.2. The van der Waals surface area contributed by atoms with Gasteiger partial charge in [-0.3, -0.25) is 9.59 Å². The fraction of sp³-hybridized carbons (Fsp3) is 0.263. The molecule has 3 rings (SSSR count). The van der Waals surface area contributed by atoms with Crippen molar-refractivity contribution >= 4 is 27.7 Å². The molecule has 0 saturated carbocycles. The Balaban J connectivity index is 1.54. The number of amides is 2. The molecule has 2 amide bonds. The van der Waals surface area contributed by atoms with Crippen molar-refractivity contribution in [1.29, 1.82) is 0 Å². The summed E-state index contributed by atoms with van der Waals surface area (Å²) in [5, 5.41) is 2.92. The van der Waals surface area contributed by atoms with E-state index in [2.05, 4.69) is 21.2 Å². The first kappa shape index (κ1) is 17.6. The molecule has 2 aromatic carbocycles. The molecule has 0 atom stereocenters. The van der Waals surface area contributed by atoms with Gasteiger partial charge >= 0.3 is 0 Å². The van der Waals surface area contributed by atoms with Crippen LogP contribution in [0.1, 0.15) is 33.6 Å². The van der Waals surface area contributed by atoms with Crippen LogP contribution in [0.15, 0.2) is 53.0 Å². The molecule has 130 valence electrons. The van der Waals surface area contributed by atoms with Crippen LogP contribution in [0.3, 0.4) is 0 Å². The summed E-state index contributed by atoms with van der Waals surface area (Å²) in [6, 6.07) is 12.9. The van der Waals surface area contributed by atoms with Crippen molar-refractivity contribution in [3.8, 4) is 0 Å². The third-order valence-electron chi connectivity index (χ3n) is 4.30. The van der Waals surface area contributed by atoms with Crippen molar-refractivity contribution in [2.45, 2.75) is 18.9 Å². The van der Waals surface area contributed by atoms with Gasteiger partial charge in [-0.25, -0.2) is 4.39 Å². The minimum Gasteiger partial charge on any atom is -0.349 e. The van der Waals surface area contributed by atoms with E-state index in [1.54, 1.807) is 23.1 Å². The van der Waals surface area contributed by atoms with Crippen LogP contribution in [-0.2, 0) is 0 Å². The van der Waals surface area contributed by atoms with Gasteiger partial charge in [0.05, 0.1) is 0 Å². The number of nitrogens with zero attached hydrogens (tertiary/aromatic N) is 1. The second kappa shape index (κ2) is 7.78. The molecule has 1 heterocycles. The summed E-state index contributed by atoms with van der Waals surface area (Å²) in [5.41, 5.74) is 0.971. The van der Waals surface area contributed by atoms with Crippen LogP contribution in [0.4, 0.5) is 4.39 Å². The lowest BCUT2D eigenvalue weighted by molar-refractivity contribution is 0.0698. The summed E-state index contributed by atoms with van der Waals surface area (Å²) in [5.74, 6) is -0.706. The highest BCUT2D eigenvalue weighted by Gasteiger charge is 2.24. The number of nitrogens with one attached hydrogen (secondary N) is 1. The van der Waals surface area contributed by atoms with Crippen LogP contribution >= 0.6 is 15.9 Å². The number of rotatable bonds is 3. The summed E-state index contributed by atoms with van der Waals surface area (Å²) in [6.07, 6.45) is 1.37. The zero-order chi connectivity index (χ0) is 17.8. The average molecular weight is 405 g/mol. The van der Waals surface area contributed by atoms with Crippen molar-refractivity contribution in [2.24, 2.45) is 0 Å². The van der Waals surface area contributed by atoms with Crippen LogP contribution < -0.4 is 5.32 Å². The molecule has 0 aliphatic carbocycles. The largest absolute Gasteiger partial charge is 0.349 e. The van der Waals surface area contributed by atoms with Crippen LogP contribution in [0.2, 0.25) is 0 Å². The fourth-order valence-electron chi connectivity index (χ4n) is 2.90. The van der Waals surface area contributed by atoms with Gasteiger partial charge in [0.25, 0.3) is 11.8 Å². The smallest absolute Gasteiger partial charge is 0.253 e. The molecule has 25 heavy (non-hydrogen) atoms. The summed E-state index contributed by atoms with van der Waals surface area (Å²) >= 11 is 3.36. The number of likely N-dealkylation sites (tertiary alicyclic amines) is 1. The van der Waals surface area contributed by atoms with Gasteiger partial charge in [0.15, 0.2) is 0 Å². The topological polar surface area (TPSA) is 49.4 Å². The quantitative estimate of drug-likeness (QED) is 0.848. The van der Waals surface area contributed by atoms with Crippen LogP contribution in [0.25, 0.3) is 0 Å². The number of benzene rings is 2. The summed E-state index contributed by atoms with van der Waals surface area (Å²) < 4.78 is 14.1. The Bertz CT molecular complexity index is 771. The normalized spacial score (nSPS) is 15.0. The minimum absolute atomic E-state index is 0.00223. The lowest BCUT2D eigenvalue weighted by Gasteiger charge is -2.32. The zero-order valence-electron chi connectivity index (χ0n) is 13.5. The van der Waals surface area contributed by atoms with E-state index < -0.39 is 5.82 Å². The van der Waals surface area contributed by atoms with Gasteiger partial charge in [0.1, 0.15) is 5.82 Å². The SMILES string of the molecule is O=C(NC1CCN(C(=O)c2ccc(Br)cc2)CC1)c1cccc(F)c1. The van der Waals surface area contributed by atoms with Crippen LogP contribution in [0.5, 0.6) is 0 Å². The molecule has 4 nitrogen and oxygen atoms in total. The maximum atomic E-state index is 13.2. The maximum Gasteiger partial charge on any atom is 0.253 e. The van der Waals surface area contributed by atoms with Crippen molar-refractivity contribution < 1.29 is 14.0 Å². The molecule has 0 unspecified atom stereocenters. The van der Waals surface area contributed by atoms with E-state index in [-0.39, 0.29) is 17.9 Å². The van der Waals surface area contributed by atoms with E-state index in [9.17, 15) is 14.0 Å². The monoisotopic (exact) mass is 404 g/mol. The number of hydrogen-bond acceptors (Lipinski definition) is 2. The predicted octanol–water partition coefficient (Wildman–Crippen LogP) is 3.62. The predicted molar refractivity (Wildman–Crippen MR) is 96.9 cm³/mol. The molecule has 1 saturated heterocycles. The van der Waals surface area contributed by atoms with Gasteiger partial charge < -0.3 is 10.2 Å². The summed E-state index contributed by atoms with van der Waals surface area (Å²) in [6.45, 7) is 1.17. The number of carbonyl (C=O) groups excluding carboxylic acids is 2. The van der Waals surface area contributed by atoms with E-state index in [4.69, 9.17) is 0 Å². The molecular weight excluding hydrogens is 387 g/mol. The molecule has 0 radical (unpaired) electrons. The first-order chi connectivity index (χ1) is 12.0. The Morgan fingerprint density at radius 2 is 1.72 bits per heavy atom. The lowest BCUT2D eigenvalue weighted by atomic mass is 10.0. The fourth-order valence-corrected chi connectivity index (χ4v) is 3.16. The van der Waals surface area contributed by atoms with E-state index in [1.165, 1.54) is 18.2 Å². The molecule has 0 bridgehead atoms. The number of hydrogen-bond donors (Lipinski definition) is 1. The molecular formula is C19H18BrFN2O2. The molecule has 1 aliphatic heterocycles. The lowest BCUT2D eigenvalue weighted by Crippen LogP contribution is -2.46. The van der Waals surface area contributed by atoms with Gasteiger partial charge in [-0.15, -0.1) is 0 Å². The summed E-state index contributed by atoms with van der Waals surface area (Å²) in [4.78, 5) is 26.5. The standard InChI is InChI=1S/C19H18BrFN2O2/c20-15-6-4-13(5-7-15)19(25)23-10-8-17(9-11-23)22-18(24)14-2-1-3-16(21)12-14/h1-7,12,17H,8-11H2,(H,22,24). The zero-order valence-corrected chi connectivity index (χ0v) is 15.1. The minimum atomic E-state index is -0.428. The van der Waals surface area contributed by atoms with E-state index in [1.807, 2.05) is 12.1 Å². The van der Waals surface area contributed by atoms with Gasteiger partial charge in [-0.2, -0.15) is 0 Å². The highest BCUT2D eigenvalue weighted by Crippen LogP contribution is 2.17. The van der Waals surface area contributed by atoms with E-state index in [0.717, 1.165) is 4.47 Å². The Kier molecular flexibility index (Phi) is 5.48. The van der Waals surface area contributed by atoms with Crippen LogP contribution in [0, 0.1) is 5.82 Å². The average Bonchev–Trinajstić information content (AvgIpc) is 2.62. The van der Waals surface area contributed by atoms with Crippen molar-refractivity contribution in [3.05, 3.63) is 69.9 Å². The molecule has 1 fully saturated rings. The Labute approximate surface area is 154 Å². The second-order valence-corrected chi connectivity index (χ2v) is 6.97. The Hall–Kier alpha value is -2.21. The molecule has 1 aliphatic rings. The van der Waals surface area contributed by atoms with Crippen molar-refractivity contribution in [2.75, 3.05) is 13.1 Å². The molecule has 2 aromatic rings. The Morgan fingerprint density at radius 1 is 1.04 bits per heavy atom. The number of carbonyl (C=O) groups is 2. The first-order valence-electron chi connectivity index (χ1n) is 8.14. The van der Waals surface area contributed by atoms with Gasteiger partial charge in [-0.1, -0.05) is 22.0 Å². The highest BCUT2D eigenvalue weighted by molar-refractivity contribution is 9.10. The highest BCUT2D eigenvalue weighted by atomic mass is 79.9. The van der Waals surface area contributed by atoms with Gasteiger partial charge in [-0.05, 0) is 55.3 Å². The third-order valence-corrected chi connectivity index (χ3v) is 4.82. The van der Waals surface area contributed by atoms with Gasteiger partial charge in [0.2, 0.25) is 0 Å². The van der Waals surface area contributed by atoms with Crippen molar-refractivity contribution in [3.63, 3.8) is 0 Å². The molecule has 6 heteroatoms. The van der Waals surface area contributed by atoms with Crippen LogP contribution in [-0.4, -0.2) is 35.8 Å². The van der Waals surface area contributed by atoms with E-state index in [0.29, 0.717) is 37.1 Å². The first-order valence-corrected chi connectivity index (χ1v) is 8.93. The second-order valence-electron chi connectivity index (χ2n) is 6.06. The van der Waals surface area contributed by atoms with Gasteiger partial charge in [0, 0.05) is 34.7 Å². The summed E-state index contributed by atoms with van der Waals surface area (Å²) in [7, 11) is 0. The molecule has 0 aromatic heterocycles. The number of piperidine rings is 1. The van der Waals surface area contributed by atoms with E-state index >= 15 is 0 Å².